The van der Waals surface area contributed by atoms with Gasteiger partial charge in [-0.2, -0.15) is 0 Å². The molecule has 1 heterocycles. The number of carbonyl (C=O) groups is 1. The molecule has 2 aromatic rings. The molecule has 33 heavy (non-hydrogen) atoms. The van der Waals surface area contributed by atoms with E-state index in [1.807, 2.05) is 0 Å². The molecule has 178 valence electrons. The molecule has 0 aliphatic carbocycles. The molecular weight excluding hydrogens is 539 g/mol. The van der Waals surface area contributed by atoms with Gasteiger partial charge in [0.2, 0.25) is 0 Å². The Balaban J connectivity index is 1.90. The molecule has 0 N–H and O–H groups in total. The highest BCUT2D eigenvalue weighted by molar-refractivity contribution is 14.1. The summed E-state index contributed by atoms with van der Waals surface area (Å²) < 4.78 is 15.1. The summed E-state index contributed by atoms with van der Waals surface area (Å²) in [5.74, 6) is 0.139. The summed E-state index contributed by atoms with van der Waals surface area (Å²) in [5.41, 5.74) is 1.22. The van der Waals surface area contributed by atoms with Crippen molar-refractivity contribution in [1.82, 2.24) is 0 Å². The van der Waals surface area contributed by atoms with Gasteiger partial charge in [-0.3, -0.25) is 4.79 Å². The Morgan fingerprint density at radius 1 is 1.09 bits per heavy atom. The lowest BCUT2D eigenvalue weighted by Gasteiger charge is -2.44. The third-order valence-electron chi connectivity index (χ3n) is 6.98. The summed E-state index contributed by atoms with van der Waals surface area (Å²) >= 11 is 2.24. The van der Waals surface area contributed by atoms with Crippen LogP contribution >= 0.6 is 22.6 Å². The first kappa shape index (κ1) is 26.2. The number of halogens is 1. The van der Waals surface area contributed by atoms with Crippen molar-refractivity contribution >= 4 is 47.3 Å². The normalized spacial score (nSPS) is 22.8. The number of ether oxygens (including phenoxy) is 1. The van der Waals surface area contributed by atoms with Gasteiger partial charge in [-0.1, -0.05) is 123 Å². The lowest BCUT2D eigenvalue weighted by molar-refractivity contribution is -0.146. The van der Waals surface area contributed by atoms with Gasteiger partial charge < -0.3 is 9.16 Å². The van der Waals surface area contributed by atoms with Crippen LogP contribution in [0.1, 0.15) is 48.0 Å². The third-order valence-corrected chi connectivity index (χ3v) is 13.0. The van der Waals surface area contributed by atoms with Gasteiger partial charge in [-0.05, 0) is 32.8 Å². The van der Waals surface area contributed by atoms with Gasteiger partial charge in [0, 0.05) is 18.4 Å². The van der Waals surface area contributed by atoms with Crippen LogP contribution in [0.3, 0.4) is 0 Å². The van der Waals surface area contributed by atoms with E-state index in [1.165, 1.54) is 15.9 Å². The average Bonchev–Trinajstić information content (AvgIpc) is 3.08. The molecule has 1 saturated heterocycles. The maximum absolute atomic E-state index is 12.7. The lowest BCUT2D eigenvalue weighted by Crippen LogP contribution is -2.67. The first-order valence-electron chi connectivity index (χ1n) is 11.8. The van der Waals surface area contributed by atoms with Crippen LogP contribution in [0.4, 0.5) is 0 Å². The highest BCUT2D eigenvalue weighted by Gasteiger charge is 2.51. The smallest absolute Gasteiger partial charge is 0.309 e. The van der Waals surface area contributed by atoms with E-state index in [-0.39, 0.29) is 34.9 Å². The van der Waals surface area contributed by atoms with Crippen molar-refractivity contribution in [3.63, 3.8) is 0 Å². The largest absolute Gasteiger partial charge is 0.461 e. The second kappa shape index (κ2) is 10.9. The van der Waals surface area contributed by atoms with E-state index >= 15 is 0 Å². The van der Waals surface area contributed by atoms with Gasteiger partial charge in [0.25, 0.3) is 8.32 Å². The van der Waals surface area contributed by atoms with Crippen LogP contribution in [0.2, 0.25) is 5.04 Å². The molecule has 0 amide bonds. The van der Waals surface area contributed by atoms with E-state index < -0.39 is 8.32 Å². The molecule has 3 nitrogen and oxygen atoms in total. The predicted octanol–water partition coefficient (Wildman–Crippen LogP) is 6.11. The monoisotopic (exact) mass is 576 g/mol. The summed E-state index contributed by atoms with van der Waals surface area (Å²) in [6.07, 6.45) is 0.643. The van der Waals surface area contributed by atoms with Gasteiger partial charge in [0.15, 0.2) is 0 Å². The van der Waals surface area contributed by atoms with Gasteiger partial charge in [0.1, 0.15) is 6.10 Å². The van der Waals surface area contributed by atoms with E-state index in [9.17, 15) is 4.79 Å². The van der Waals surface area contributed by atoms with Crippen molar-refractivity contribution in [3.05, 3.63) is 70.3 Å². The van der Waals surface area contributed by atoms with Crippen LogP contribution in [-0.2, 0) is 14.0 Å². The van der Waals surface area contributed by atoms with Gasteiger partial charge in [-0.15, -0.1) is 0 Å². The molecule has 4 atom stereocenters. The summed E-state index contributed by atoms with van der Waals surface area (Å²) in [4.78, 5) is 12.7. The summed E-state index contributed by atoms with van der Waals surface area (Å²) in [6.45, 7) is 13.8. The van der Waals surface area contributed by atoms with Crippen LogP contribution in [0.25, 0.3) is 0 Å². The fraction of sp³-hybridized carbons (Fsp3) is 0.464. The standard InChI is InChI=1S/C28H37IO3Si/c1-20(18-29)17-25-22(3)26(32-27(25)30)21(2)19-31-33(28(4,5)6,23-13-9-7-10-14-23)24-15-11-8-12-16-24/h7-16,18,21-22,25-26H,17,19H2,1-6H3/b20-18-/t21-,22+,25+,26-/m1/s1. The van der Waals surface area contributed by atoms with Gasteiger partial charge >= 0.3 is 5.97 Å². The Bertz CT molecular complexity index is 913. The third kappa shape index (κ3) is 5.46. The van der Waals surface area contributed by atoms with Crippen molar-refractivity contribution in [1.29, 1.82) is 0 Å². The minimum Gasteiger partial charge on any atom is -0.461 e. The van der Waals surface area contributed by atoms with Crippen molar-refractivity contribution in [2.45, 2.75) is 59.1 Å². The Morgan fingerprint density at radius 2 is 1.61 bits per heavy atom. The highest BCUT2D eigenvalue weighted by Crippen LogP contribution is 2.39. The average molecular weight is 577 g/mol. The number of hydrogen-bond acceptors (Lipinski definition) is 3. The molecule has 2 aromatic carbocycles. The van der Waals surface area contributed by atoms with Crippen molar-refractivity contribution in [2.75, 3.05) is 6.61 Å². The lowest BCUT2D eigenvalue weighted by atomic mass is 9.84. The molecule has 1 aliphatic rings. The van der Waals surface area contributed by atoms with Crippen LogP contribution in [0.5, 0.6) is 0 Å². The van der Waals surface area contributed by atoms with E-state index in [2.05, 4.69) is 129 Å². The number of rotatable bonds is 8. The number of benzene rings is 2. The molecule has 1 aliphatic heterocycles. The minimum absolute atomic E-state index is 0.0672. The second-order valence-electron chi connectivity index (χ2n) is 10.5. The molecule has 0 saturated carbocycles. The molecular formula is C28H37IO3Si. The highest BCUT2D eigenvalue weighted by atomic mass is 127. The number of allylic oxidation sites excluding steroid dienone is 1. The first-order chi connectivity index (χ1) is 15.6. The fourth-order valence-corrected chi connectivity index (χ4v) is 10.1. The van der Waals surface area contributed by atoms with Gasteiger partial charge in [0.05, 0.1) is 5.92 Å². The molecule has 0 aromatic heterocycles. The van der Waals surface area contributed by atoms with Crippen LogP contribution < -0.4 is 10.4 Å². The zero-order valence-electron chi connectivity index (χ0n) is 20.7. The topological polar surface area (TPSA) is 35.5 Å². The predicted molar refractivity (Wildman–Crippen MR) is 148 cm³/mol. The molecule has 1 fully saturated rings. The van der Waals surface area contributed by atoms with Crippen LogP contribution in [0, 0.1) is 17.8 Å². The van der Waals surface area contributed by atoms with Crippen molar-refractivity contribution in [3.8, 4) is 0 Å². The Morgan fingerprint density at radius 3 is 2.06 bits per heavy atom. The zero-order chi connectivity index (χ0) is 24.2. The van der Waals surface area contributed by atoms with E-state index in [4.69, 9.17) is 9.16 Å². The molecule has 0 bridgehead atoms. The van der Waals surface area contributed by atoms with E-state index in [0.29, 0.717) is 6.61 Å². The van der Waals surface area contributed by atoms with Crippen LogP contribution in [-0.4, -0.2) is 27.0 Å². The number of hydrogen-bond donors (Lipinski definition) is 0. The minimum atomic E-state index is -2.60. The molecule has 0 spiro atoms. The SMILES string of the molecule is C/C(=C/I)C[C@@H]1C(=O)O[C@H]([C@H](C)CO[Si](c2ccccc2)(c2ccccc2)C(C)(C)C)[C@H]1C. The summed E-state index contributed by atoms with van der Waals surface area (Å²) in [6, 6.07) is 21.4. The quantitative estimate of drug-likeness (QED) is 0.216. The van der Waals surface area contributed by atoms with Crippen LogP contribution in [0.15, 0.2) is 70.3 Å². The molecule has 0 radical (unpaired) electrons. The number of carbonyl (C=O) groups excluding carboxylic acids is 1. The van der Waals surface area contributed by atoms with E-state index in [1.54, 1.807) is 0 Å². The Hall–Kier alpha value is -1.44. The molecule has 0 unspecified atom stereocenters. The fourth-order valence-electron chi connectivity index (χ4n) is 5.18. The Labute approximate surface area is 214 Å². The molecule has 5 heteroatoms. The van der Waals surface area contributed by atoms with E-state index in [0.717, 1.165) is 6.42 Å². The summed E-state index contributed by atoms with van der Waals surface area (Å²) in [5, 5.41) is 2.47. The van der Waals surface area contributed by atoms with Crippen molar-refractivity contribution in [2.24, 2.45) is 17.8 Å². The van der Waals surface area contributed by atoms with Crippen molar-refractivity contribution < 1.29 is 14.0 Å². The summed E-state index contributed by atoms with van der Waals surface area (Å²) in [7, 11) is -2.60. The first-order valence-corrected chi connectivity index (χ1v) is 15.0. The maximum Gasteiger partial charge on any atom is 0.309 e. The zero-order valence-corrected chi connectivity index (χ0v) is 23.8. The second-order valence-corrected chi connectivity index (χ2v) is 15.4. The Kier molecular flexibility index (Phi) is 8.62. The maximum atomic E-state index is 12.7. The number of esters is 1. The van der Waals surface area contributed by atoms with Gasteiger partial charge in [-0.25, -0.2) is 0 Å². The number of cyclic esters (lactones) is 1. The molecule has 3 rings (SSSR count).